The van der Waals surface area contributed by atoms with Gasteiger partial charge in [-0.15, -0.1) is 0 Å². The third-order valence-corrected chi connectivity index (χ3v) is 4.76. The van der Waals surface area contributed by atoms with Crippen LogP contribution in [0.25, 0.3) is 0 Å². The summed E-state index contributed by atoms with van der Waals surface area (Å²) in [6, 6.07) is 5.64. The number of nitrogens with zero attached hydrogens (tertiary/aromatic N) is 2. The lowest BCUT2D eigenvalue weighted by Crippen LogP contribution is -2.56. The lowest BCUT2D eigenvalue weighted by molar-refractivity contribution is 0.0371. The summed E-state index contributed by atoms with van der Waals surface area (Å²) in [5.41, 5.74) is 0.769. The maximum Gasteiger partial charge on any atom is 0.338 e. The first-order valence-corrected chi connectivity index (χ1v) is 8.73. The fraction of sp³-hybridized carbons (Fsp3) is 0.579. The molecule has 0 bridgehead atoms. The number of piperazine rings is 1. The molecule has 0 N–H and O–H groups in total. The van der Waals surface area contributed by atoms with E-state index in [-0.39, 0.29) is 5.91 Å². The number of benzene rings is 1. The van der Waals surface area contributed by atoms with Crippen LogP contribution in [0.15, 0.2) is 18.2 Å². The second kappa shape index (κ2) is 8.34. The molecule has 0 aromatic heterocycles. The highest BCUT2D eigenvalue weighted by Crippen LogP contribution is 2.22. The minimum atomic E-state index is -0.482. The smallest absolute Gasteiger partial charge is 0.338 e. The zero-order chi connectivity index (χ0) is 18.6. The van der Waals surface area contributed by atoms with Gasteiger partial charge >= 0.3 is 5.97 Å². The molecule has 0 radical (unpaired) electrons. The van der Waals surface area contributed by atoms with Gasteiger partial charge in [-0.25, -0.2) is 4.79 Å². The summed E-state index contributed by atoms with van der Waals surface area (Å²) >= 11 is 0. The van der Waals surface area contributed by atoms with E-state index in [0.29, 0.717) is 42.0 Å². The molecule has 0 aliphatic carbocycles. The van der Waals surface area contributed by atoms with Gasteiger partial charge in [0.15, 0.2) is 0 Å². The van der Waals surface area contributed by atoms with E-state index in [0.717, 1.165) is 13.0 Å². The van der Waals surface area contributed by atoms with Crippen LogP contribution in [0.5, 0.6) is 5.75 Å². The van der Waals surface area contributed by atoms with E-state index < -0.39 is 5.97 Å². The van der Waals surface area contributed by atoms with Gasteiger partial charge in [0.1, 0.15) is 5.75 Å². The fourth-order valence-electron chi connectivity index (χ4n) is 3.36. The number of ether oxygens (including phenoxy) is 2. The first-order chi connectivity index (χ1) is 11.9. The zero-order valence-corrected chi connectivity index (χ0v) is 15.7. The predicted octanol–water partition coefficient (Wildman–Crippen LogP) is 2.43. The molecular weight excluding hydrogens is 320 g/mol. The van der Waals surface area contributed by atoms with E-state index in [1.807, 2.05) is 4.90 Å². The summed E-state index contributed by atoms with van der Waals surface area (Å²) in [5.74, 6) is -0.0889. The maximum absolute atomic E-state index is 13.0. The Kier molecular flexibility index (Phi) is 6.42. The standard InChI is InChI=1S/C19H28N2O4/c1-6-16-12-20(7-8-21(16)13(2)3)18(22)14-9-15(19(23)25-5)11-17(10-14)24-4/h9-11,13,16H,6-8,12H2,1-5H3. The average molecular weight is 348 g/mol. The highest BCUT2D eigenvalue weighted by molar-refractivity contribution is 5.98. The summed E-state index contributed by atoms with van der Waals surface area (Å²) in [4.78, 5) is 29.1. The molecule has 1 aliphatic heterocycles. The van der Waals surface area contributed by atoms with Gasteiger partial charge in [-0.1, -0.05) is 6.92 Å². The second-order valence-corrected chi connectivity index (χ2v) is 6.59. The quantitative estimate of drug-likeness (QED) is 0.765. The van der Waals surface area contributed by atoms with Crippen molar-refractivity contribution in [2.75, 3.05) is 33.9 Å². The first kappa shape index (κ1) is 19.2. The largest absolute Gasteiger partial charge is 0.497 e. The minimum absolute atomic E-state index is 0.0779. The molecule has 25 heavy (non-hydrogen) atoms. The van der Waals surface area contributed by atoms with Gasteiger partial charge < -0.3 is 14.4 Å². The molecule has 138 valence electrons. The second-order valence-electron chi connectivity index (χ2n) is 6.59. The van der Waals surface area contributed by atoms with Crippen molar-refractivity contribution in [3.8, 4) is 5.75 Å². The molecule has 6 heteroatoms. The van der Waals surface area contributed by atoms with Crippen LogP contribution in [0.3, 0.4) is 0 Å². The average Bonchev–Trinajstić information content (AvgIpc) is 2.65. The molecule has 2 rings (SSSR count). The lowest BCUT2D eigenvalue weighted by Gasteiger charge is -2.43. The fourth-order valence-corrected chi connectivity index (χ4v) is 3.36. The predicted molar refractivity (Wildman–Crippen MR) is 96.2 cm³/mol. The lowest BCUT2D eigenvalue weighted by atomic mass is 10.0. The van der Waals surface area contributed by atoms with Gasteiger partial charge in [-0.3, -0.25) is 9.69 Å². The van der Waals surface area contributed by atoms with Gasteiger partial charge in [0.2, 0.25) is 0 Å². The Morgan fingerprint density at radius 3 is 2.40 bits per heavy atom. The molecule has 1 fully saturated rings. The van der Waals surface area contributed by atoms with Crippen LogP contribution in [-0.4, -0.2) is 67.6 Å². The van der Waals surface area contributed by atoms with Crippen LogP contribution in [0.1, 0.15) is 47.9 Å². The Bertz CT molecular complexity index is 630. The van der Waals surface area contributed by atoms with E-state index in [2.05, 4.69) is 25.7 Å². The van der Waals surface area contributed by atoms with Crippen molar-refractivity contribution in [3.63, 3.8) is 0 Å². The molecule has 1 aliphatic rings. The van der Waals surface area contributed by atoms with Gasteiger partial charge in [-0.05, 0) is 38.5 Å². The van der Waals surface area contributed by atoms with Crippen molar-refractivity contribution >= 4 is 11.9 Å². The third-order valence-electron chi connectivity index (χ3n) is 4.76. The molecule has 1 heterocycles. The van der Waals surface area contributed by atoms with E-state index in [4.69, 9.17) is 9.47 Å². The van der Waals surface area contributed by atoms with Crippen molar-refractivity contribution in [1.29, 1.82) is 0 Å². The molecule has 1 aromatic carbocycles. The van der Waals surface area contributed by atoms with Crippen LogP contribution >= 0.6 is 0 Å². The topological polar surface area (TPSA) is 59.1 Å². The van der Waals surface area contributed by atoms with Gasteiger partial charge in [0.25, 0.3) is 5.91 Å². The van der Waals surface area contributed by atoms with Crippen LogP contribution < -0.4 is 4.74 Å². The van der Waals surface area contributed by atoms with E-state index in [1.54, 1.807) is 18.2 Å². The van der Waals surface area contributed by atoms with Gasteiger partial charge in [-0.2, -0.15) is 0 Å². The Morgan fingerprint density at radius 2 is 1.84 bits per heavy atom. The van der Waals surface area contributed by atoms with Crippen molar-refractivity contribution < 1.29 is 19.1 Å². The number of esters is 1. The summed E-state index contributed by atoms with van der Waals surface area (Å²) in [5, 5.41) is 0. The van der Waals surface area contributed by atoms with Gasteiger partial charge in [0.05, 0.1) is 19.8 Å². The van der Waals surface area contributed by atoms with Crippen molar-refractivity contribution in [2.45, 2.75) is 39.3 Å². The Hall–Kier alpha value is -2.08. The monoisotopic (exact) mass is 348 g/mol. The summed E-state index contributed by atoms with van der Waals surface area (Å²) < 4.78 is 10.00. The molecule has 1 unspecified atom stereocenters. The van der Waals surface area contributed by atoms with Crippen LogP contribution in [-0.2, 0) is 4.74 Å². The number of carbonyl (C=O) groups excluding carboxylic acids is 2. The number of hydrogen-bond acceptors (Lipinski definition) is 5. The minimum Gasteiger partial charge on any atom is -0.497 e. The molecule has 1 saturated heterocycles. The summed E-state index contributed by atoms with van der Waals surface area (Å²) in [6.45, 7) is 8.75. The van der Waals surface area contributed by atoms with Crippen LogP contribution in [0.4, 0.5) is 0 Å². The molecule has 6 nitrogen and oxygen atoms in total. The van der Waals surface area contributed by atoms with E-state index in [1.165, 1.54) is 14.2 Å². The van der Waals surface area contributed by atoms with Crippen LogP contribution in [0.2, 0.25) is 0 Å². The number of methoxy groups -OCH3 is 2. The molecule has 1 aromatic rings. The molecule has 1 amide bonds. The number of amides is 1. The van der Waals surface area contributed by atoms with Crippen molar-refractivity contribution in [1.82, 2.24) is 9.80 Å². The highest BCUT2D eigenvalue weighted by Gasteiger charge is 2.30. The molecule has 0 spiro atoms. The van der Waals surface area contributed by atoms with Gasteiger partial charge in [0, 0.05) is 37.3 Å². The van der Waals surface area contributed by atoms with Crippen LogP contribution in [0, 0.1) is 0 Å². The third kappa shape index (κ3) is 4.31. The zero-order valence-electron chi connectivity index (χ0n) is 15.7. The number of carbonyl (C=O) groups is 2. The first-order valence-electron chi connectivity index (χ1n) is 8.73. The Balaban J connectivity index is 2.24. The molecule has 0 saturated carbocycles. The highest BCUT2D eigenvalue weighted by atomic mass is 16.5. The van der Waals surface area contributed by atoms with E-state index in [9.17, 15) is 9.59 Å². The molecular formula is C19H28N2O4. The normalized spacial score (nSPS) is 18.3. The SMILES string of the molecule is CCC1CN(C(=O)c2cc(OC)cc(C(=O)OC)c2)CCN1C(C)C. The maximum atomic E-state index is 13.0. The summed E-state index contributed by atoms with van der Waals surface area (Å²) in [6.07, 6.45) is 0.994. The summed E-state index contributed by atoms with van der Waals surface area (Å²) in [7, 11) is 2.83. The number of hydrogen-bond donors (Lipinski definition) is 0. The van der Waals surface area contributed by atoms with Crippen molar-refractivity contribution in [2.24, 2.45) is 0 Å². The number of rotatable bonds is 5. The Morgan fingerprint density at radius 1 is 1.16 bits per heavy atom. The van der Waals surface area contributed by atoms with E-state index >= 15 is 0 Å². The van der Waals surface area contributed by atoms with Crippen molar-refractivity contribution in [3.05, 3.63) is 29.3 Å². The molecule has 1 atom stereocenters. The Labute approximate surface area is 149 Å².